The summed E-state index contributed by atoms with van der Waals surface area (Å²) >= 11 is 1.69. The molecule has 0 aromatic heterocycles. The molecule has 0 unspecified atom stereocenters. The molecule has 1 aromatic rings. The Morgan fingerprint density at radius 1 is 1.21 bits per heavy atom. The van der Waals surface area contributed by atoms with Gasteiger partial charge in [-0.25, -0.2) is 0 Å². The summed E-state index contributed by atoms with van der Waals surface area (Å²) in [6.45, 7) is 7.38. The molecule has 0 spiro atoms. The Bertz CT molecular complexity index is 436. The third-order valence-electron chi connectivity index (χ3n) is 3.90. The van der Waals surface area contributed by atoms with Gasteiger partial charge in [0.25, 0.3) is 0 Å². The van der Waals surface area contributed by atoms with Gasteiger partial charge in [0.05, 0.1) is 13.2 Å². The van der Waals surface area contributed by atoms with E-state index < -0.39 is 0 Å². The maximum absolute atomic E-state index is 12.7. The highest BCUT2D eigenvalue weighted by atomic mass is 32.2. The molecule has 1 N–H and O–H groups in total. The molecule has 1 saturated heterocycles. The largest absolute Gasteiger partial charge is 0.370 e. The van der Waals surface area contributed by atoms with Crippen molar-refractivity contribution >= 4 is 17.5 Å². The van der Waals surface area contributed by atoms with Gasteiger partial charge in [0, 0.05) is 10.5 Å². The number of rotatable bonds is 4. The van der Waals surface area contributed by atoms with Gasteiger partial charge in [0.2, 0.25) is 5.78 Å². The van der Waals surface area contributed by atoms with Crippen molar-refractivity contribution in [3.05, 3.63) is 29.8 Å². The molecule has 0 aliphatic carbocycles. The van der Waals surface area contributed by atoms with Crippen LogP contribution in [0.15, 0.2) is 29.2 Å². The number of nitrogens with one attached hydrogen (secondary N) is 1. The zero-order valence-corrected chi connectivity index (χ0v) is 12.7. The highest BCUT2D eigenvalue weighted by molar-refractivity contribution is 7.98. The zero-order valence-electron chi connectivity index (χ0n) is 11.9. The van der Waals surface area contributed by atoms with Crippen molar-refractivity contribution < 1.29 is 14.4 Å². The summed E-state index contributed by atoms with van der Waals surface area (Å²) in [6.07, 6.45) is 2.04. The molecule has 19 heavy (non-hydrogen) atoms. The van der Waals surface area contributed by atoms with Gasteiger partial charge < -0.3 is 9.64 Å². The first-order chi connectivity index (χ1) is 9.05. The molecule has 1 aliphatic heterocycles. The van der Waals surface area contributed by atoms with Crippen molar-refractivity contribution in [1.29, 1.82) is 0 Å². The average Bonchev–Trinajstić information content (AvgIpc) is 2.47. The third kappa shape index (κ3) is 3.19. The molecule has 2 rings (SSSR count). The molecule has 0 radical (unpaired) electrons. The second-order valence-electron chi connectivity index (χ2n) is 5.40. The fourth-order valence-electron chi connectivity index (χ4n) is 2.51. The summed E-state index contributed by atoms with van der Waals surface area (Å²) < 4.78 is 5.38. The van der Waals surface area contributed by atoms with Crippen LogP contribution < -0.4 is 4.90 Å². The monoisotopic (exact) mass is 280 g/mol. The lowest BCUT2D eigenvalue weighted by Crippen LogP contribution is -3.22. The van der Waals surface area contributed by atoms with Gasteiger partial charge in [-0.1, -0.05) is 12.1 Å². The molecule has 1 aromatic carbocycles. The minimum Gasteiger partial charge on any atom is -0.370 e. The molecule has 3 nitrogen and oxygen atoms in total. The zero-order chi connectivity index (χ0) is 13.9. The number of Topliss-reactive ketones (excluding diaryl/α,β-unsaturated/α-hetero) is 1. The Morgan fingerprint density at radius 2 is 1.79 bits per heavy atom. The van der Waals surface area contributed by atoms with Crippen molar-refractivity contribution in [2.24, 2.45) is 0 Å². The fraction of sp³-hybridized carbons (Fsp3) is 0.533. The summed E-state index contributed by atoms with van der Waals surface area (Å²) in [5.41, 5.74) is 0.423. The van der Waals surface area contributed by atoms with Crippen LogP contribution in [0, 0.1) is 0 Å². The molecule has 1 heterocycles. The number of ether oxygens (including phenoxy) is 1. The summed E-state index contributed by atoms with van der Waals surface area (Å²) in [5.74, 6) is 0.219. The lowest BCUT2D eigenvalue weighted by Gasteiger charge is -2.36. The highest BCUT2D eigenvalue weighted by Gasteiger charge is 2.39. The minimum absolute atomic E-state index is 0.219. The SMILES string of the molecule is CSc1ccc(C(=O)C(C)(C)[NH+]2CCOCC2)cc1. The number of thioether (sulfide) groups is 1. The lowest BCUT2D eigenvalue weighted by atomic mass is 9.91. The Kier molecular flexibility index (Phi) is 4.66. The number of hydrogen-bond acceptors (Lipinski definition) is 3. The molecule has 1 fully saturated rings. The van der Waals surface area contributed by atoms with E-state index >= 15 is 0 Å². The van der Waals surface area contributed by atoms with Crippen molar-refractivity contribution in [1.82, 2.24) is 0 Å². The molecule has 4 heteroatoms. The molecule has 104 valence electrons. The van der Waals surface area contributed by atoms with E-state index in [4.69, 9.17) is 4.74 Å². The smallest absolute Gasteiger partial charge is 0.222 e. The van der Waals surface area contributed by atoms with Crippen LogP contribution in [-0.4, -0.2) is 43.9 Å². The van der Waals surface area contributed by atoms with Crippen molar-refractivity contribution in [2.75, 3.05) is 32.6 Å². The Labute approximate surface area is 119 Å². The van der Waals surface area contributed by atoms with Gasteiger partial charge >= 0.3 is 0 Å². The van der Waals surface area contributed by atoms with E-state index in [2.05, 4.69) is 0 Å². The van der Waals surface area contributed by atoms with Gasteiger partial charge in [0.15, 0.2) is 5.54 Å². The van der Waals surface area contributed by atoms with E-state index in [1.165, 1.54) is 9.80 Å². The van der Waals surface area contributed by atoms with Crippen LogP contribution in [-0.2, 0) is 4.74 Å². The van der Waals surface area contributed by atoms with E-state index in [0.717, 1.165) is 31.9 Å². The molecule has 1 aliphatic rings. The first-order valence-electron chi connectivity index (χ1n) is 6.67. The van der Waals surface area contributed by atoms with Crippen LogP contribution in [0.2, 0.25) is 0 Å². The predicted molar refractivity (Wildman–Crippen MR) is 78.1 cm³/mol. The minimum atomic E-state index is -0.384. The predicted octanol–water partition coefficient (Wildman–Crippen LogP) is 1.28. The number of ketones is 1. The van der Waals surface area contributed by atoms with E-state index in [1.54, 1.807) is 11.8 Å². The summed E-state index contributed by atoms with van der Waals surface area (Å²) in [5, 5.41) is 0. The molecule has 0 bridgehead atoms. The second kappa shape index (κ2) is 6.07. The van der Waals surface area contributed by atoms with Crippen molar-refractivity contribution in [2.45, 2.75) is 24.3 Å². The molecule has 0 saturated carbocycles. The fourth-order valence-corrected chi connectivity index (χ4v) is 2.91. The lowest BCUT2D eigenvalue weighted by molar-refractivity contribution is -0.944. The Morgan fingerprint density at radius 3 is 2.32 bits per heavy atom. The molecule has 0 amide bonds. The number of quaternary nitrogens is 1. The Hall–Kier alpha value is -0.840. The highest BCUT2D eigenvalue weighted by Crippen LogP contribution is 2.17. The Balaban J connectivity index is 2.15. The first kappa shape index (κ1) is 14.6. The maximum Gasteiger partial charge on any atom is 0.222 e. The van der Waals surface area contributed by atoms with Crippen LogP contribution >= 0.6 is 11.8 Å². The normalized spacial score (nSPS) is 17.4. The summed E-state index contributed by atoms with van der Waals surface area (Å²) in [6, 6.07) is 7.91. The van der Waals surface area contributed by atoms with E-state index in [-0.39, 0.29) is 11.3 Å². The van der Waals surface area contributed by atoms with E-state index in [1.807, 2.05) is 44.4 Å². The number of hydrogen-bond donors (Lipinski definition) is 1. The standard InChI is InChI=1S/C15H21NO2S/c1-15(2,16-8-10-18-11-9-16)14(17)12-4-6-13(19-3)7-5-12/h4-7H,8-11H2,1-3H3/p+1. The van der Waals surface area contributed by atoms with Crippen LogP contribution in [0.1, 0.15) is 24.2 Å². The third-order valence-corrected chi connectivity index (χ3v) is 4.64. The topological polar surface area (TPSA) is 30.7 Å². The molecular weight excluding hydrogens is 258 g/mol. The van der Waals surface area contributed by atoms with Crippen molar-refractivity contribution in [3.8, 4) is 0 Å². The van der Waals surface area contributed by atoms with Crippen LogP contribution in [0.4, 0.5) is 0 Å². The van der Waals surface area contributed by atoms with Crippen LogP contribution in [0.5, 0.6) is 0 Å². The second-order valence-corrected chi connectivity index (χ2v) is 6.28. The molecule has 0 atom stereocenters. The quantitative estimate of drug-likeness (QED) is 0.666. The molecular formula is C15H22NO2S+. The van der Waals surface area contributed by atoms with Gasteiger partial charge in [-0.2, -0.15) is 0 Å². The van der Waals surface area contributed by atoms with Gasteiger partial charge in [-0.15, -0.1) is 11.8 Å². The van der Waals surface area contributed by atoms with Gasteiger partial charge in [0.1, 0.15) is 13.1 Å². The van der Waals surface area contributed by atoms with E-state index in [0.29, 0.717) is 0 Å². The number of morpholine rings is 1. The first-order valence-corrected chi connectivity index (χ1v) is 7.90. The van der Waals surface area contributed by atoms with Crippen LogP contribution in [0.3, 0.4) is 0 Å². The number of benzene rings is 1. The number of carbonyl (C=O) groups excluding carboxylic acids is 1. The van der Waals surface area contributed by atoms with Gasteiger partial charge in [-0.3, -0.25) is 4.79 Å². The number of carbonyl (C=O) groups is 1. The van der Waals surface area contributed by atoms with Crippen molar-refractivity contribution in [3.63, 3.8) is 0 Å². The summed E-state index contributed by atoms with van der Waals surface area (Å²) in [7, 11) is 0. The maximum atomic E-state index is 12.7. The summed E-state index contributed by atoms with van der Waals surface area (Å²) in [4.78, 5) is 15.2. The average molecular weight is 280 g/mol. The van der Waals surface area contributed by atoms with Crippen LogP contribution in [0.25, 0.3) is 0 Å². The van der Waals surface area contributed by atoms with Gasteiger partial charge in [-0.05, 0) is 32.2 Å². The van der Waals surface area contributed by atoms with E-state index in [9.17, 15) is 4.79 Å².